The molecule has 1 amide bonds. The van der Waals surface area contributed by atoms with E-state index >= 15 is 0 Å². The Hall–Kier alpha value is -2.89. The van der Waals surface area contributed by atoms with Crippen LogP contribution < -0.4 is 10.1 Å². The highest BCUT2D eigenvalue weighted by atomic mass is 19.1. The molecule has 0 radical (unpaired) electrons. The van der Waals surface area contributed by atoms with E-state index in [4.69, 9.17) is 9.47 Å². The third-order valence-corrected chi connectivity index (χ3v) is 5.84. The van der Waals surface area contributed by atoms with Gasteiger partial charge in [0.15, 0.2) is 0 Å². The van der Waals surface area contributed by atoms with Gasteiger partial charge in [-0.25, -0.2) is 9.18 Å². The van der Waals surface area contributed by atoms with Crippen molar-refractivity contribution < 1.29 is 23.5 Å². The van der Waals surface area contributed by atoms with Gasteiger partial charge in [-0.15, -0.1) is 0 Å². The fraction of sp³-hybridized carbons (Fsp3) is 0.462. The summed E-state index contributed by atoms with van der Waals surface area (Å²) >= 11 is 0. The molecule has 1 N–H and O–H groups in total. The van der Waals surface area contributed by atoms with Crippen molar-refractivity contribution in [2.45, 2.75) is 58.3 Å². The lowest BCUT2D eigenvalue weighted by Gasteiger charge is -2.36. The molecule has 1 fully saturated rings. The molecule has 0 atom stereocenters. The summed E-state index contributed by atoms with van der Waals surface area (Å²) in [5.41, 5.74) is 0.213. The number of rotatable bonds is 8. The number of amides is 1. The van der Waals surface area contributed by atoms with Crippen LogP contribution in [0, 0.1) is 11.7 Å². The third kappa shape index (κ3) is 5.29. The lowest BCUT2D eigenvalue weighted by atomic mass is 9.68. The molecule has 3 rings (SSSR count). The van der Waals surface area contributed by atoms with E-state index in [-0.39, 0.29) is 29.8 Å². The Morgan fingerprint density at radius 2 is 1.81 bits per heavy atom. The van der Waals surface area contributed by atoms with E-state index in [0.717, 1.165) is 19.3 Å². The topological polar surface area (TPSA) is 64.6 Å². The zero-order valence-electron chi connectivity index (χ0n) is 19.1. The number of esters is 1. The Bertz CT molecular complexity index is 951. The number of halogens is 1. The maximum Gasteiger partial charge on any atom is 0.341 e. The number of benzene rings is 2. The molecule has 0 unspecified atom stereocenters. The van der Waals surface area contributed by atoms with Crippen LogP contribution in [0.1, 0.15) is 68.8 Å². The highest BCUT2D eigenvalue weighted by Crippen LogP contribution is 2.41. The van der Waals surface area contributed by atoms with Crippen molar-refractivity contribution in [3.8, 4) is 5.75 Å². The summed E-state index contributed by atoms with van der Waals surface area (Å²) < 4.78 is 25.7. The number of anilines is 1. The van der Waals surface area contributed by atoms with Crippen molar-refractivity contribution in [3.63, 3.8) is 0 Å². The Kier molecular flexibility index (Phi) is 7.89. The molecule has 0 saturated heterocycles. The minimum absolute atomic E-state index is 0.232. The van der Waals surface area contributed by atoms with Crippen molar-refractivity contribution in [1.29, 1.82) is 0 Å². The minimum atomic E-state index is -0.930. The molecular weight excluding hydrogens is 409 g/mol. The summed E-state index contributed by atoms with van der Waals surface area (Å²) in [7, 11) is 0. The Labute approximate surface area is 189 Å². The highest BCUT2D eigenvalue weighted by molar-refractivity contribution is 6.01. The van der Waals surface area contributed by atoms with Gasteiger partial charge in [0.1, 0.15) is 17.1 Å². The van der Waals surface area contributed by atoms with Crippen LogP contribution in [0.3, 0.4) is 0 Å². The van der Waals surface area contributed by atoms with Gasteiger partial charge < -0.3 is 14.8 Å². The molecular formula is C26H32FNO4. The fourth-order valence-electron chi connectivity index (χ4n) is 4.23. The average Bonchev–Trinajstić information content (AvgIpc) is 2.79. The molecule has 0 bridgehead atoms. The minimum Gasteiger partial charge on any atom is -0.492 e. The summed E-state index contributed by atoms with van der Waals surface area (Å²) in [6, 6.07) is 11.4. The predicted molar refractivity (Wildman–Crippen MR) is 123 cm³/mol. The number of ether oxygens (including phenoxy) is 2. The fourth-order valence-corrected chi connectivity index (χ4v) is 4.23. The lowest BCUT2D eigenvalue weighted by molar-refractivity contribution is -0.122. The van der Waals surface area contributed by atoms with Gasteiger partial charge in [-0.1, -0.05) is 51.3 Å². The Morgan fingerprint density at radius 3 is 2.47 bits per heavy atom. The van der Waals surface area contributed by atoms with Crippen LogP contribution in [-0.4, -0.2) is 25.1 Å². The molecule has 6 heteroatoms. The van der Waals surface area contributed by atoms with Crippen LogP contribution in [0.2, 0.25) is 0 Å². The van der Waals surface area contributed by atoms with Crippen molar-refractivity contribution in [2.75, 3.05) is 18.5 Å². The summed E-state index contributed by atoms with van der Waals surface area (Å²) in [6.07, 6.45) is 3.91. The molecule has 1 saturated carbocycles. The number of hydrogen-bond donors (Lipinski definition) is 1. The first-order valence-electron chi connectivity index (χ1n) is 11.4. The van der Waals surface area contributed by atoms with Gasteiger partial charge in [-0.3, -0.25) is 4.79 Å². The largest absolute Gasteiger partial charge is 0.492 e. The van der Waals surface area contributed by atoms with E-state index < -0.39 is 11.4 Å². The molecule has 2 aromatic carbocycles. The zero-order chi connectivity index (χ0) is 23.1. The van der Waals surface area contributed by atoms with E-state index in [9.17, 15) is 14.0 Å². The van der Waals surface area contributed by atoms with Crippen LogP contribution in [0.25, 0.3) is 0 Å². The first-order valence-corrected chi connectivity index (χ1v) is 11.4. The van der Waals surface area contributed by atoms with Crippen LogP contribution in [-0.2, 0) is 14.9 Å². The second-order valence-electron chi connectivity index (χ2n) is 8.71. The van der Waals surface area contributed by atoms with E-state index in [2.05, 4.69) is 5.32 Å². The van der Waals surface area contributed by atoms with Crippen LogP contribution in [0.15, 0.2) is 42.5 Å². The van der Waals surface area contributed by atoms with Crippen molar-refractivity contribution in [2.24, 2.45) is 5.92 Å². The number of carbonyl (C=O) groups is 2. The normalized spacial score (nSPS) is 15.3. The number of hydrogen-bond acceptors (Lipinski definition) is 4. The van der Waals surface area contributed by atoms with Crippen LogP contribution in [0.4, 0.5) is 10.1 Å². The zero-order valence-corrected chi connectivity index (χ0v) is 19.1. The molecule has 2 aromatic rings. The predicted octanol–water partition coefficient (Wildman–Crippen LogP) is 5.88. The average molecular weight is 442 g/mol. The van der Waals surface area contributed by atoms with Gasteiger partial charge in [-0.05, 0) is 49.9 Å². The van der Waals surface area contributed by atoms with Gasteiger partial charge in [0.2, 0.25) is 5.91 Å². The highest BCUT2D eigenvalue weighted by Gasteiger charge is 2.43. The van der Waals surface area contributed by atoms with E-state index in [1.54, 1.807) is 43.3 Å². The molecule has 0 spiro atoms. The van der Waals surface area contributed by atoms with Crippen molar-refractivity contribution in [1.82, 2.24) is 0 Å². The molecule has 1 aliphatic carbocycles. The molecule has 0 heterocycles. The number of carbonyl (C=O) groups excluding carboxylic acids is 2. The van der Waals surface area contributed by atoms with Gasteiger partial charge >= 0.3 is 5.97 Å². The monoisotopic (exact) mass is 441 g/mol. The van der Waals surface area contributed by atoms with E-state index in [0.29, 0.717) is 36.4 Å². The second kappa shape index (κ2) is 10.6. The maximum atomic E-state index is 14.7. The van der Waals surface area contributed by atoms with E-state index in [1.807, 2.05) is 13.8 Å². The van der Waals surface area contributed by atoms with Gasteiger partial charge in [0, 0.05) is 11.3 Å². The summed E-state index contributed by atoms with van der Waals surface area (Å²) in [5.74, 6) is -0.432. The summed E-state index contributed by atoms with van der Waals surface area (Å²) in [5, 5.41) is 2.94. The van der Waals surface area contributed by atoms with Crippen LogP contribution >= 0.6 is 0 Å². The Morgan fingerprint density at radius 1 is 1.09 bits per heavy atom. The van der Waals surface area contributed by atoms with E-state index in [1.165, 1.54) is 6.07 Å². The quantitative estimate of drug-likeness (QED) is 0.520. The first-order chi connectivity index (χ1) is 15.4. The van der Waals surface area contributed by atoms with Crippen molar-refractivity contribution in [3.05, 3.63) is 59.4 Å². The SMILES string of the molecule is CCOC(=O)c1cc(NC(=O)C2(c3ccccc3F)CCCCC2)ccc1OCC(C)C. The second-order valence-corrected chi connectivity index (χ2v) is 8.71. The third-order valence-electron chi connectivity index (χ3n) is 5.84. The molecule has 1 aliphatic rings. The van der Waals surface area contributed by atoms with Gasteiger partial charge in [0.05, 0.1) is 18.6 Å². The maximum absolute atomic E-state index is 14.7. The van der Waals surface area contributed by atoms with Crippen LogP contribution in [0.5, 0.6) is 5.75 Å². The molecule has 0 aliphatic heterocycles. The van der Waals surface area contributed by atoms with Gasteiger partial charge in [-0.2, -0.15) is 0 Å². The molecule has 0 aromatic heterocycles. The molecule has 172 valence electrons. The van der Waals surface area contributed by atoms with Crippen molar-refractivity contribution >= 4 is 17.6 Å². The molecule has 5 nitrogen and oxygen atoms in total. The first kappa shape index (κ1) is 23.8. The van der Waals surface area contributed by atoms with Gasteiger partial charge in [0.25, 0.3) is 0 Å². The number of nitrogens with one attached hydrogen (secondary N) is 1. The summed E-state index contributed by atoms with van der Waals surface area (Å²) in [4.78, 5) is 26.0. The lowest BCUT2D eigenvalue weighted by Crippen LogP contribution is -2.42. The summed E-state index contributed by atoms with van der Waals surface area (Å²) in [6.45, 7) is 6.46. The smallest absolute Gasteiger partial charge is 0.341 e. The molecule has 32 heavy (non-hydrogen) atoms. The Balaban J connectivity index is 1.92. The standard InChI is InChI=1S/C26H32FNO4/c1-4-31-24(29)20-16-19(12-13-23(20)32-17-18(2)3)28-25(30)26(14-8-5-9-15-26)21-10-6-7-11-22(21)27/h6-7,10-13,16,18H,4-5,8-9,14-15,17H2,1-3H3,(H,28,30).